The summed E-state index contributed by atoms with van der Waals surface area (Å²) in [4.78, 5) is 28.9. The minimum absolute atomic E-state index is 0.132. The third kappa shape index (κ3) is 4.74. The molecule has 3 rings (SSSR count). The zero-order valence-electron chi connectivity index (χ0n) is 14.4. The Bertz CT molecular complexity index is 1100. The zero-order valence-corrected chi connectivity index (χ0v) is 16.8. The Hall–Kier alpha value is -2.22. The van der Waals surface area contributed by atoms with Gasteiger partial charge in [0.1, 0.15) is 0 Å². The average molecular weight is 423 g/mol. The quantitative estimate of drug-likeness (QED) is 0.630. The largest absolute Gasteiger partial charge is 0.319 e. The van der Waals surface area contributed by atoms with E-state index in [9.17, 15) is 9.59 Å². The highest BCUT2D eigenvalue weighted by Crippen LogP contribution is 2.21. The van der Waals surface area contributed by atoms with Gasteiger partial charge in [-0.05, 0) is 30.2 Å². The molecule has 1 aromatic carbocycles. The van der Waals surface area contributed by atoms with Gasteiger partial charge in [-0.25, -0.2) is 4.68 Å². The number of rotatable bonds is 5. The maximum Gasteiger partial charge on any atom is 0.300 e. The highest BCUT2D eigenvalue weighted by molar-refractivity contribution is 7.07. The van der Waals surface area contributed by atoms with Crippen molar-refractivity contribution in [2.45, 2.75) is 26.4 Å². The molecular formula is C18H16Cl2N4O2S. The zero-order chi connectivity index (χ0) is 19.4. The van der Waals surface area contributed by atoms with Gasteiger partial charge in [0, 0.05) is 34.2 Å². The topological polar surface area (TPSA) is 69.2 Å². The summed E-state index contributed by atoms with van der Waals surface area (Å²) in [6.07, 6.45) is 2.57. The second kappa shape index (κ2) is 8.65. The summed E-state index contributed by atoms with van der Waals surface area (Å²) in [7, 11) is 0. The molecule has 0 N–H and O–H groups in total. The number of hydrogen-bond acceptors (Lipinski definition) is 4. The summed E-state index contributed by atoms with van der Waals surface area (Å²) >= 11 is 13.5. The van der Waals surface area contributed by atoms with Crippen LogP contribution >= 0.6 is 34.5 Å². The van der Waals surface area contributed by atoms with E-state index in [0.717, 1.165) is 12.0 Å². The van der Waals surface area contributed by atoms with Gasteiger partial charge in [0.2, 0.25) is 0 Å². The van der Waals surface area contributed by atoms with Gasteiger partial charge in [-0.3, -0.25) is 9.59 Å². The van der Waals surface area contributed by atoms with Crippen LogP contribution in [0.25, 0.3) is 0 Å². The van der Waals surface area contributed by atoms with Crippen LogP contribution in [0.4, 0.5) is 0 Å². The summed E-state index contributed by atoms with van der Waals surface area (Å²) in [6.45, 7) is 2.84. The molecule has 1 amide bonds. The number of thiazole rings is 1. The number of hydrogen-bond donors (Lipinski definition) is 0. The SMILES string of the molecule is CCCn1nc(C(=O)N=c2sccn2Cc2ccc(Cl)cc2Cl)ccc1=O. The van der Waals surface area contributed by atoms with Crippen LogP contribution in [0.2, 0.25) is 10.0 Å². The second-order valence-corrected chi connectivity index (χ2v) is 7.46. The first-order valence-electron chi connectivity index (χ1n) is 8.23. The fourth-order valence-electron chi connectivity index (χ4n) is 2.42. The Kier molecular flexibility index (Phi) is 6.26. The van der Waals surface area contributed by atoms with Gasteiger partial charge >= 0.3 is 0 Å². The average Bonchev–Trinajstić information content (AvgIpc) is 3.06. The fourth-order valence-corrected chi connectivity index (χ4v) is 3.61. The smallest absolute Gasteiger partial charge is 0.300 e. The van der Waals surface area contributed by atoms with E-state index in [0.29, 0.717) is 27.9 Å². The van der Waals surface area contributed by atoms with E-state index >= 15 is 0 Å². The standard InChI is InChI=1S/C18H16Cl2N4O2S/c1-2-7-24-16(25)6-5-15(22-24)17(26)21-18-23(8-9-27-18)11-12-3-4-13(19)10-14(12)20/h3-6,8-10H,2,7,11H2,1H3. The van der Waals surface area contributed by atoms with Crippen molar-refractivity contribution in [1.82, 2.24) is 14.3 Å². The summed E-state index contributed by atoms with van der Waals surface area (Å²) in [5, 5.41) is 7.05. The van der Waals surface area contributed by atoms with Crippen molar-refractivity contribution in [2.24, 2.45) is 4.99 Å². The van der Waals surface area contributed by atoms with E-state index in [2.05, 4.69) is 10.1 Å². The van der Waals surface area contributed by atoms with Crippen molar-refractivity contribution >= 4 is 40.4 Å². The minimum Gasteiger partial charge on any atom is -0.319 e. The lowest BCUT2D eigenvalue weighted by atomic mass is 10.2. The van der Waals surface area contributed by atoms with Crippen LogP contribution in [0, 0.1) is 0 Å². The van der Waals surface area contributed by atoms with Crippen molar-refractivity contribution in [1.29, 1.82) is 0 Å². The van der Waals surface area contributed by atoms with Crippen molar-refractivity contribution in [2.75, 3.05) is 0 Å². The summed E-state index contributed by atoms with van der Waals surface area (Å²) in [5.41, 5.74) is 0.757. The number of amides is 1. The Morgan fingerprint density at radius 3 is 2.81 bits per heavy atom. The summed E-state index contributed by atoms with van der Waals surface area (Å²) in [5.74, 6) is -0.502. The molecule has 0 bridgehead atoms. The number of nitrogens with zero attached hydrogens (tertiary/aromatic N) is 4. The monoisotopic (exact) mass is 422 g/mol. The van der Waals surface area contributed by atoms with E-state index in [1.54, 1.807) is 12.1 Å². The van der Waals surface area contributed by atoms with Crippen LogP contribution in [-0.2, 0) is 13.1 Å². The van der Waals surface area contributed by atoms with Crippen LogP contribution < -0.4 is 10.4 Å². The van der Waals surface area contributed by atoms with E-state index in [1.807, 2.05) is 29.1 Å². The number of aromatic nitrogens is 3. The molecule has 2 heterocycles. The minimum atomic E-state index is -0.502. The molecule has 27 heavy (non-hydrogen) atoms. The first-order valence-corrected chi connectivity index (χ1v) is 9.86. The third-order valence-electron chi connectivity index (χ3n) is 3.73. The Morgan fingerprint density at radius 2 is 2.07 bits per heavy atom. The molecule has 0 saturated heterocycles. The van der Waals surface area contributed by atoms with Crippen molar-refractivity contribution in [3.63, 3.8) is 0 Å². The maximum atomic E-state index is 12.5. The van der Waals surface area contributed by atoms with Gasteiger partial charge in [0.05, 0.1) is 6.54 Å². The first kappa shape index (κ1) is 19.5. The van der Waals surface area contributed by atoms with Crippen LogP contribution in [-0.4, -0.2) is 20.3 Å². The lowest BCUT2D eigenvalue weighted by Crippen LogP contribution is -2.24. The highest BCUT2D eigenvalue weighted by Gasteiger charge is 2.10. The van der Waals surface area contributed by atoms with Gasteiger partial charge in [0.25, 0.3) is 11.5 Å². The molecule has 0 atom stereocenters. The lowest BCUT2D eigenvalue weighted by Gasteiger charge is -2.06. The van der Waals surface area contributed by atoms with Gasteiger partial charge in [-0.1, -0.05) is 36.2 Å². The second-order valence-electron chi connectivity index (χ2n) is 5.75. The van der Waals surface area contributed by atoms with E-state index in [-0.39, 0.29) is 11.3 Å². The van der Waals surface area contributed by atoms with Gasteiger partial charge in [-0.15, -0.1) is 11.3 Å². The number of benzene rings is 1. The molecule has 0 spiro atoms. The van der Waals surface area contributed by atoms with Crippen molar-refractivity contribution in [3.8, 4) is 0 Å². The highest BCUT2D eigenvalue weighted by atomic mass is 35.5. The third-order valence-corrected chi connectivity index (χ3v) is 5.12. The molecule has 0 saturated carbocycles. The number of halogens is 2. The molecular weight excluding hydrogens is 407 g/mol. The van der Waals surface area contributed by atoms with Gasteiger partial charge in [-0.2, -0.15) is 10.1 Å². The lowest BCUT2D eigenvalue weighted by molar-refractivity contribution is 0.0990. The number of carbonyl (C=O) groups is 1. The maximum absolute atomic E-state index is 12.5. The van der Waals surface area contributed by atoms with E-state index in [1.165, 1.54) is 28.2 Å². The van der Waals surface area contributed by atoms with Gasteiger partial charge < -0.3 is 4.57 Å². The molecule has 0 fully saturated rings. The molecule has 3 aromatic rings. The van der Waals surface area contributed by atoms with Crippen LogP contribution in [0.15, 0.2) is 51.7 Å². The first-order chi connectivity index (χ1) is 13.0. The number of carbonyl (C=O) groups excluding carboxylic acids is 1. The van der Waals surface area contributed by atoms with Gasteiger partial charge in [0.15, 0.2) is 10.5 Å². The number of aryl methyl sites for hydroxylation is 1. The summed E-state index contributed by atoms with van der Waals surface area (Å²) < 4.78 is 3.10. The molecule has 0 aliphatic rings. The van der Waals surface area contributed by atoms with Crippen LogP contribution in [0.3, 0.4) is 0 Å². The Morgan fingerprint density at radius 1 is 1.26 bits per heavy atom. The molecule has 0 aliphatic carbocycles. The van der Waals surface area contributed by atoms with E-state index < -0.39 is 5.91 Å². The predicted molar refractivity (Wildman–Crippen MR) is 107 cm³/mol. The predicted octanol–water partition coefficient (Wildman–Crippen LogP) is 3.61. The molecule has 0 unspecified atom stereocenters. The molecule has 6 nitrogen and oxygen atoms in total. The summed E-state index contributed by atoms with van der Waals surface area (Å²) in [6, 6.07) is 8.01. The van der Waals surface area contributed by atoms with Crippen LogP contribution in [0.5, 0.6) is 0 Å². The molecule has 0 radical (unpaired) electrons. The fraction of sp³-hybridized carbons (Fsp3) is 0.222. The van der Waals surface area contributed by atoms with Crippen molar-refractivity contribution < 1.29 is 4.79 Å². The van der Waals surface area contributed by atoms with E-state index in [4.69, 9.17) is 23.2 Å². The Balaban J connectivity index is 1.90. The molecule has 2 aromatic heterocycles. The molecule has 0 aliphatic heterocycles. The normalized spacial score (nSPS) is 11.7. The Labute approximate surface area is 169 Å². The van der Waals surface area contributed by atoms with Crippen LogP contribution in [0.1, 0.15) is 29.4 Å². The molecule has 140 valence electrons. The van der Waals surface area contributed by atoms with Crippen molar-refractivity contribution in [3.05, 3.63) is 78.4 Å². The molecule has 9 heteroatoms.